The van der Waals surface area contributed by atoms with Gasteiger partial charge in [-0.3, -0.25) is 9.59 Å². The van der Waals surface area contributed by atoms with Gasteiger partial charge in [0.1, 0.15) is 0 Å². The molecule has 2 aliphatic rings. The average Bonchev–Trinajstić information content (AvgIpc) is 2.38. The smallest absolute Gasteiger partial charge is 0.269 e. The van der Waals surface area contributed by atoms with E-state index in [0.717, 1.165) is 24.1 Å². The van der Waals surface area contributed by atoms with Gasteiger partial charge in [-0.25, -0.2) is 4.99 Å². The van der Waals surface area contributed by atoms with Crippen LogP contribution in [0.25, 0.3) is 0 Å². The van der Waals surface area contributed by atoms with E-state index in [1.807, 2.05) is 12.2 Å². The van der Waals surface area contributed by atoms with Gasteiger partial charge in [-0.05, 0) is 25.5 Å². The zero-order valence-electron chi connectivity index (χ0n) is 11.7. The van der Waals surface area contributed by atoms with Crippen LogP contribution in [0.3, 0.4) is 0 Å². The Morgan fingerprint density at radius 3 is 2.95 bits per heavy atom. The van der Waals surface area contributed by atoms with Crippen molar-refractivity contribution in [3.05, 3.63) is 47.7 Å². The van der Waals surface area contributed by atoms with Crippen LogP contribution in [0.5, 0.6) is 0 Å². The van der Waals surface area contributed by atoms with Crippen molar-refractivity contribution in [3.8, 4) is 0 Å². The van der Waals surface area contributed by atoms with Gasteiger partial charge in [0.15, 0.2) is 0 Å². The maximum absolute atomic E-state index is 11.7. The molecule has 0 aromatic carbocycles. The molecular weight excluding hydrogens is 252 g/mol. The summed E-state index contributed by atoms with van der Waals surface area (Å²) < 4.78 is 0. The van der Waals surface area contributed by atoms with Crippen molar-refractivity contribution in [2.24, 2.45) is 10.9 Å². The summed E-state index contributed by atoms with van der Waals surface area (Å²) in [6.45, 7) is 3.86. The Balaban J connectivity index is 2.26. The van der Waals surface area contributed by atoms with Gasteiger partial charge in [-0.15, -0.1) is 0 Å². The summed E-state index contributed by atoms with van der Waals surface area (Å²) in [6.07, 6.45) is 12.2. The molecule has 2 rings (SSSR count). The summed E-state index contributed by atoms with van der Waals surface area (Å²) in [7, 11) is 0. The Kier molecular flexibility index (Phi) is 4.45. The molecule has 2 amide bonds. The van der Waals surface area contributed by atoms with Gasteiger partial charge in [0.2, 0.25) is 5.91 Å². The van der Waals surface area contributed by atoms with Crippen LogP contribution in [0.15, 0.2) is 52.7 Å². The number of hydrogen-bond acceptors (Lipinski definition) is 2. The van der Waals surface area contributed by atoms with Crippen molar-refractivity contribution in [1.82, 2.24) is 5.32 Å². The van der Waals surface area contributed by atoms with Gasteiger partial charge in [0.05, 0.1) is 5.71 Å². The second kappa shape index (κ2) is 6.28. The molecule has 0 aromatic heterocycles. The lowest BCUT2D eigenvalue weighted by Crippen LogP contribution is -2.33. The number of nitrogens with zero attached hydrogens (tertiary/aromatic N) is 1. The minimum absolute atomic E-state index is 0.100. The Hall–Kier alpha value is -2.23. The van der Waals surface area contributed by atoms with Crippen LogP contribution in [0, 0.1) is 5.92 Å². The van der Waals surface area contributed by atoms with E-state index in [2.05, 4.69) is 17.2 Å². The molecule has 0 radical (unpaired) electrons. The van der Waals surface area contributed by atoms with Crippen LogP contribution < -0.4 is 5.32 Å². The molecule has 1 N–H and O–H groups in total. The van der Waals surface area contributed by atoms with Crippen LogP contribution in [-0.4, -0.2) is 17.5 Å². The number of rotatable bonds is 3. The first-order valence-electron chi connectivity index (χ1n) is 6.80. The number of carbonyl (C=O) groups is 2. The molecule has 0 aromatic rings. The van der Waals surface area contributed by atoms with E-state index >= 15 is 0 Å². The van der Waals surface area contributed by atoms with Crippen molar-refractivity contribution in [2.75, 3.05) is 0 Å². The molecule has 0 saturated heterocycles. The molecular formula is C16H18N2O2. The highest BCUT2D eigenvalue weighted by atomic mass is 16.2. The molecule has 4 nitrogen and oxygen atoms in total. The third kappa shape index (κ3) is 3.20. The molecule has 20 heavy (non-hydrogen) atoms. The number of aliphatic imine (C=N–C) groups is 1. The lowest BCUT2D eigenvalue weighted by Gasteiger charge is -2.27. The van der Waals surface area contributed by atoms with E-state index in [1.54, 1.807) is 25.2 Å². The lowest BCUT2D eigenvalue weighted by atomic mass is 9.85. The maximum atomic E-state index is 11.7. The van der Waals surface area contributed by atoms with E-state index in [0.29, 0.717) is 5.71 Å². The number of hydrogen-bond donors (Lipinski definition) is 1. The highest BCUT2D eigenvalue weighted by molar-refractivity contribution is 6.12. The SMILES string of the molecule is C/C=C\C(=O)N=C1C=CC2C(CCC)=CC(=O)NC2=C1. The van der Waals surface area contributed by atoms with Crippen LogP contribution in [-0.2, 0) is 9.59 Å². The fourth-order valence-corrected chi connectivity index (χ4v) is 2.36. The van der Waals surface area contributed by atoms with E-state index in [4.69, 9.17) is 0 Å². The van der Waals surface area contributed by atoms with Gasteiger partial charge >= 0.3 is 0 Å². The molecule has 1 heterocycles. The van der Waals surface area contributed by atoms with Gasteiger partial charge in [0.25, 0.3) is 5.91 Å². The topological polar surface area (TPSA) is 58.5 Å². The Morgan fingerprint density at radius 1 is 1.45 bits per heavy atom. The molecule has 0 spiro atoms. The van der Waals surface area contributed by atoms with Gasteiger partial charge in [-0.1, -0.05) is 31.1 Å². The van der Waals surface area contributed by atoms with Crippen molar-refractivity contribution in [2.45, 2.75) is 26.7 Å². The predicted octanol–water partition coefficient (Wildman–Crippen LogP) is 2.46. The summed E-state index contributed by atoms with van der Waals surface area (Å²) >= 11 is 0. The minimum Gasteiger partial charge on any atom is -0.325 e. The quantitative estimate of drug-likeness (QED) is 0.801. The second-order valence-corrected chi connectivity index (χ2v) is 4.77. The molecule has 0 bridgehead atoms. The number of amides is 2. The first-order chi connectivity index (χ1) is 9.63. The Morgan fingerprint density at radius 2 is 2.25 bits per heavy atom. The fraction of sp³-hybridized carbons (Fsp3) is 0.312. The molecule has 1 atom stereocenters. The summed E-state index contributed by atoms with van der Waals surface area (Å²) in [4.78, 5) is 27.1. The van der Waals surface area contributed by atoms with E-state index < -0.39 is 0 Å². The van der Waals surface area contributed by atoms with Gasteiger partial charge in [0, 0.05) is 23.8 Å². The summed E-state index contributed by atoms with van der Waals surface area (Å²) in [5.41, 5.74) is 2.48. The first kappa shape index (κ1) is 14.2. The standard InChI is InChI=1S/C16H18N2O2/c1-3-5-11-9-16(20)18-14-10-12(7-8-13(11)14)17-15(19)6-4-2/h4,6-10,13H,3,5H2,1-2H3,(H,18,20)/b6-4-,17-12?. The normalized spacial score (nSPS) is 23.4. The van der Waals surface area contributed by atoms with Gasteiger partial charge in [-0.2, -0.15) is 0 Å². The average molecular weight is 270 g/mol. The lowest BCUT2D eigenvalue weighted by molar-refractivity contribution is -0.116. The first-order valence-corrected chi connectivity index (χ1v) is 6.80. The van der Waals surface area contributed by atoms with Crippen molar-refractivity contribution >= 4 is 17.5 Å². The molecule has 0 saturated carbocycles. The number of fused-ring (bicyclic) bond motifs is 1. The second-order valence-electron chi connectivity index (χ2n) is 4.77. The highest BCUT2D eigenvalue weighted by Crippen LogP contribution is 2.29. The molecule has 4 heteroatoms. The summed E-state index contributed by atoms with van der Waals surface area (Å²) in [5, 5.41) is 2.83. The zero-order chi connectivity index (χ0) is 14.5. The highest BCUT2D eigenvalue weighted by Gasteiger charge is 2.25. The van der Waals surface area contributed by atoms with E-state index in [-0.39, 0.29) is 17.7 Å². The number of nitrogens with one attached hydrogen (secondary N) is 1. The van der Waals surface area contributed by atoms with Crippen LogP contribution in [0.1, 0.15) is 26.7 Å². The molecule has 1 aliphatic carbocycles. The molecule has 1 aliphatic heterocycles. The summed E-state index contributed by atoms with van der Waals surface area (Å²) in [5.74, 6) is -0.303. The van der Waals surface area contributed by atoms with Crippen molar-refractivity contribution < 1.29 is 9.59 Å². The minimum atomic E-state index is -0.297. The van der Waals surface area contributed by atoms with Crippen molar-refractivity contribution in [1.29, 1.82) is 0 Å². The fourth-order valence-electron chi connectivity index (χ4n) is 2.36. The molecule has 0 fully saturated rings. The van der Waals surface area contributed by atoms with E-state index in [1.165, 1.54) is 6.08 Å². The number of carbonyl (C=O) groups excluding carboxylic acids is 2. The Bertz CT molecular complexity index is 577. The van der Waals surface area contributed by atoms with E-state index in [9.17, 15) is 9.59 Å². The Labute approximate surface area is 118 Å². The van der Waals surface area contributed by atoms with Crippen LogP contribution in [0.4, 0.5) is 0 Å². The largest absolute Gasteiger partial charge is 0.325 e. The third-order valence-corrected chi connectivity index (χ3v) is 3.17. The third-order valence-electron chi connectivity index (χ3n) is 3.17. The zero-order valence-corrected chi connectivity index (χ0v) is 11.7. The monoisotopic (exact) mass is 270 g/mol. The predicted molar refractivity (Wildman–Crippen MR) is 79.1 cm³/mol. The molecule has 104 valence electrons. The molecule has 1 unspecified atom stereocenters. The van der Waals surface area contributed by atoms with Crippen LogP contribution >= 0.6 is 0 Å². The van der Waals surface area contributed by atoms with Crippen molar-refractivity contribution in [3.63, 3.8) is 0 Å². The summed E-state index contributed by atoms with van der Waals surface area (Å²) in [6, 6.07) is 0. The van der Waals surface area contributed by atoms with Crippen LogP contribution in [0.2, 0.25) is 0 Å². The number of allylic oxidation sites excluding steroid dienone is 4. The maximum Gasteiger partial charge on any atom is 0.269 e. The van der Waals surface area contributed by atoms with Gasteiger partial charge < -0.3 is 5.32 Å².